The number of rotatable bonds is 9. The number of unbranched alkanes of at least 4 members (excludes halogenated alkanes) is 1. The minimum absolute atomic E-state index is 0.538. The molecule has 0 aromatic heterocycles. The van der Waals surface area contributed by atoms with Crippen molar-refractivity contribution in [1.29, 1.82) is 0 Å². The molecule has 0 unspecified atom stereocenters. The van der Waals surface area contributed by atoms with Gasteiger partial charge in [0.25, 0.3) is 0 Å². The van der Waals surface area contributed by atoms with Crippen LogP contribution in [0.4, 0.5) is 0 Å². The van der Waals surface area contributed by atoms with Crippen LogP contribution in [0.15, 0.2) is 0 Å². The molecule has 0 rings (SSSR count). The van der Waals surface area contributed by atoms with E-state index in [-0.39, 0.29) is 0 Å². The Bertz CT molecular complexity index is 306. The van der Waals surface area contributed by atoms with Crippen molar-refractivity contribution in [3.05, 3.63) is 0 Å². The van der Waals surface area contributed by atoms with Crippen LogP contribution in [-0.2, 0) is 10.0 Å². The lowest BCUT2D eigenvalue weighted by Crippen LogP contribution is -2.32. The highest BCUT2D eigenvalue weighted by molar-refractivity contribution is 7.88. The molecule has 0 aliphatic rings. The molecule has 0 amide bonds. The Kier molecular flexibility index (Phi) is 8.26. The van der Waals surface area contributed by atoms with E-state index in [2.05, 4.69) is 11.2 Å². The van der Waals surface area contributed by atoms with E-state index in [9.17, 15) is 8.42 Å². The minimum Gasteiger partial charge on any atom is -0.317 e. The van der Waals surface area contributed by atoms with Crippen LogP contribution in [0.5, 0.6) is 0 Å². The van der Waals surface area contributed by atoms with Gasteiger partial charge in [0.2, 0.25) is 10.0 Å². The second-order valence-corrected chi connectivity index (χ2v) is 5.65. The number of terminal acetylenes is 1. The van der Waals surface area contributed by atoms with Crippen molar-refractivity contribution < 1.29 is 8.42 Å². The van der Waals surface area contributed by atoms with Gasteiger partial charge >= 0.3 is 0 Å². The van der Waals surface area contributed by atoms with Crippen molar-refractivity contribution in [3.8, 4) is 12.3 Å². The van der Waals surface area contributed by atoms with Crippen LogP contribution in [0.25, 0.3) is 0 Å². The highest BCUT2D eigenvalue weighted by Crippen LogP contribution is 1.98. The summed E-state index contributed by atoms with van der Waals surface area (Å²) in [6.45, 7) is 4.70. The zero-order valence-electron chi connectivity index (χ0n) is 10.2. The van der Waals surface area contributed by atoms with E-state index < -0.39 is 10.0 Å². The topological polar surface area (TPSA) is 49.4 Å². The lowest BCUT2D eigenvalue weighted by molar-refractivity contribution is 0.419. The molecule has 0 spiro atoms. The van der Waals surface area contributed by atoms with Crippen molar-refractivity contribution in [2.45, 2.75) is 26.2 Å². The largest absolute Gasteiger partial charge is 0.317 e. The average Bonchev–Trinajstić information content (AvgIpc) is 2.20. The molecule has 0 aliphatic carbocycles. The lowest BCUT2D eigenvalue weighted by Gasteiger charge is -2.17. The summed E-state index contributed by atoms with van der Waals surface area (Å²) >= 11 is 0. The number of hydrogen-bond acceptors (Lipinski definition) is 3. The number of sulfonamides is 1. The molecule has 0 bridgehead atoms. The summed E-state index contributed by atoms with van der Waals surface area (Å²) in [6.07, 6.45) is 8.96. The minimum atomic E-state index is -3.04. The third-order valence-electron chi connectivity index (χ3n) is 2.26. The molecular formula is C11H22N2O2S. The predicted molar refractivity (Wildman–Crippen MR) is 67.6 cm³/mol. The summed E-state index contributed by atoms with van der Waals surface area (Å²) in [4.78, 5) is 0. The van der Waals surface area contributed by atoms with E-state index in [1.54, 1.807) is 0 Å². The van der Waals surface area contributed by atoms with Gasteiger partial charge in [-0.15, -0.1) is 12.3 Å². The summed E-state index contributed by atoms with van der Waals surface area (Å²) < 4.78 is 24.0. The van der Waals surface area contributed by atoms with Crippen LogP contribution in [0.1, 0.15) is 26.2 Å². The van der Waals surface area contributed by atoms with Gasteiger partial charge in [-0.1, -0.05) is 6.92 Å². The van der Waals surface area contributed by atoms with Gasteiger partial charge in [0, 0.05) is 19.5 Å². The molecule has 16 heavy (non-hydrogen) atoms. The van der Waals surface area contributed by atoms with Crippen molar-refractivity contribution in [2.75, 3.05) is 32.4 Å². The molecule has 0 atom stereocenters. The van der Waals surface area contributed by atoms with E-state index in [1.807, 2.05) is 6.92 Å². The maximum Gasteiger partial charge on any atom is 0.211 e. The van der Waals surface area contributed by atoms with Crippen LogP contribution in [-0.4, -0.2) is 45.2 Å². The quantitative estimate of drug-likeness (QED) is 0.480. The second kappa shape index (κ2) is 8.57. The van der Waals surface area contributed by atoms with Gasteiger partial charge in [0.05, 0.1) is 6.26 Å². The smallest absolute Gasteiger partial charge is 0.211 e. The summed E-state index contributed by atoms with van der Waals surface area (Å²) in [5.41, 5.74) is 0. The maximum atomic E-state index is 11.3. The Morgan fingerprint density at radius 2 is 1.94 bits per heavy atom. The van der Waals surface area contributed by atoms with Gasteiger partial charge in [-0.2, -0.15) is 0 Å². The molecule has 1 N–H and O–H groups in total. The monoisotopic (exact) mass is 246 g/mol. The summed E-state index contributed by atoms with van der Waals surface area (Å²) in [5.74, 6) is 2.58. The molecule has 0 saturated heterocycles. The lowest BCUT2D eigenvalue weighted by atomic mass is 10.3. The Morgan fingerprint density at radius 1 is 1.31 bits per heavy atom. The predicted octanol–water partition coefficient (Wildman–Crippen LogP) is 0.661. The molecule has 0 fully saturated rings. The van der Waals surface area contributed by atoms with Gasteiger partial charge in [-0.05, 0) is 25.9 Å². The van der Waals surface area contributed by atoms with Crippen LogP contribution in [0, 0.1) is 12.3 Å². The van der Waals surface area contributed by atoms with Crippen molar-refractivity contribution in [2.24, 2.45) is 0 Å². The molecule has 0 aromatic rings. The SMILES string of the molecule is C#CCCCNCCCN(CC)S(C)(=O)=O. The summed E-state index contributed by atoms with van der Waals surface area (Å²) in [7, 11) is -3.04. The van der Waals surface area contributed by atoms with Gasteiger partial charge in [0.1, 0.15) is 0 Å². The third kappa shape index (κ3) is 7.69. The van der Waals surface area contributed by atoms with Gasteiger partial charge in [-0.3, -0.25) is 0 Å². The zero-order valence-corrected chi connectivity index (χ0v) is 11.0. The molecule has 0 aromatic carbocycles. The molecular weight excluding hydrogens is 224 g/mol. The number of nitrogens with zero attached hydrogens (tertiary/aromatic N) is 1. The van der Waals surface area contributed by atoms with E-state index >= 15 is 0 Å². The maximum absolute atomic E-state index is 11.3. The molecule has 4 nitrogen and oxygen atoms in total. The number of nitrogens with one attached hydrogen (secondary N) is 1. The average molecular weight is 246 g/mol. The summed E-state index contributed by atoms with van der Waals surface area (Å²) in [5, 5.41) is 3.23. The van der Waals surface area contributed by atoms with E-state index in [0.29, 0.717) is 13.1 Å². The van der Waals surface area contributed by atoms with E-state index in [0.717, 1.165) is 32.4 Å². The van der Waals surface area contributed by atoms with Crippen LogP contribution in [0.3, 0.4) is 0 Å². The molecule has 94 valence electrons. The highest BCUT2D eigenvalue weighted by atomic mass is 32.2. The number of hydrogen-bond donors (Lipinski definition) is 1. The first kappa shape index (κ1) is 15.4. The standard InChI is InChI=1S/C11H22N2O2S/c1-4-6-7-9-12-10-8-11-13(5-2)16(3,14)15/h1,12H,5-11H2,2-3H3. The molecule has 0 saturated carbocycles. The van der Waals surface area contributed by atoms with Gasteiger partial charge in [-0.25, -0.2) is 12.7 Å². The van der Waals surface area contributed by atoms with E-state index in [4.69, 9.17) is 6.42 Å². The van der Waals surface area contributed by atoms with Crippen molar-refractivity contribution in [3.63, 3.8) is 0 Å². The molecule has 5 heteroatoms. The van der Waals surface area contributed by atoms with Crippen LogP contribution < -0.4 is 5.32 Å². The Balaban J connectivity index is 3.54. The zero-order chi connectivity index (χ0) is 12.4. The fraction of sp³-hybridized carbons (Fsp3) is 0.818. The van der Waals surface area contributed by atoms with Gasteiger partial charge in [0.15, 0.2) is 0 Å². The summed E-state index contributed by atoms with van der Waals surface area (Å²) in [6, 6.07) is 0. The van der Waals surface area contributed by atoms with Crippen LogP contribution >= 0.6 is 0 Å². The molecule has 0 heterocycles. The first-order chi connectivity index (χ1) is 7.52. The van der Waals surface area contributed by atoms with E-state index in [1.165, 1.54) is 10.6 Å². The van der Waals surface area contributed by atoms with Crippen molar-refractivity contribution in [1.82, 2.24) is 9.62 Å². The Labute approximate surface area is 99.5 Å². The normalized spacial score (nSPS) is 11.6. The molecule has 0 aliphatic heterocycles. The van der Waals surface area contributed by atoms with Crippen molar-refractivity contribution >= 4 is 10.0 Å². The Morgan fingerprint density at radius 3 is 2.44 bits per heavy atom. The third-order valence-corrected chi connectivity index (χ3v) is 3.64. The first-order valence-electron chi connectivity index (χ1n) is 5.61. The molecule has 0 radical (unpaired) electrons. The highest BCUT2D eigenvalue weighted by Gasteiger charge is 2.12. The second-order valence-electron chi connectivity index (χ2n) is 3.67. The first-order valence-corrected chi connectivity index (χ1v) is 7.46. The fourth-order valence-corrected chi connectivity index (χ4v) is 2.31. The fourth-order valence-electron chi connectivity index (χ4n) is 1.38. The van der Waals surface area contributed by atoms with Gasteiger partial charge < -0.3 is 5.32 Å². The van der Waals surface area contributed by atoms with Crippen LogP contribution in [0.2, 0.25) is 0 Å². The Hall–Kier alpha value is -0.570.